The first-order chi connectivity index (χ1) is 8.75. The average Bonchev–Trinajstić information content (AvgIpc) is 2.64. The molecule has 0 aliphatic heterocycles. The highest BCUT2D eigenvalue weighted by molar-refractivity contribution is 7.89. The summed E-state index contributed by atoms with van der Waals surface area (Å²) in [6, 6.07) is 1.64. The molecule has 1 N–H and O–H groups in total. The number of rotatable bonds is 7. The van der Waals surface area contributed by atoms with Crippen LogP contribution in [0, 0.1) is 13.8 Å². The van der Waals surface area contributed by atoms with Gasteiger partial charge in [0, 0.05) is 23.3 Å². The van der Waals surface area contributed by atoms with E-state index in [-0.39, 0.29) is 13.2 Å². The van der Waals surface area contributed by atoms with E-state index in [1.54, 1.807) is 13.0 Å². The van der Waals surface area contributed by atoms with E-state index in [4.69, 9.17) is 9.84 Å². The van der Waals surface area contributed by atoms with Gasteiger partial charge in [0.05, 0.1) is 11.5 Å². The number of hydrogen-bond donors (Lipinski definition) is 1. The number of carbonyl (C=O) groups is 1. The fourth-order valence-electron chi connectivity index (χ4n) is 1.50. The van der Waals surface area contributed by atoms with Crippen molar-refractivity contribution in [2.75, 3.05) is 26.8 Å². The molecule has 0 saturated heterocycles. The number of thiophene rings is 1. The van der Waals surface area contributed by atoms with Crippen molar-refractivity contribution in [1.82, 2.24) is 4.31 Å². The van der Waals surface area contributed by atoms with Crippen LogP contribution in [-0.4, -0.2) is 50.6 Å². The molecule has 0 spiro atoms. The van der Waals surface area contributed by atoms with Crippen molar-refractivity contribution in [1.29, 1.82) is 0 Å². The van der Waals surface area contributed by atoms with Gasteiger partial charge in [-0.05, 0) is 19.9 Å². The number of sulfonamides is 1. The molecule has 6 nitrogen and oxygen atoms in total. The summed E-state index contributed by atoms with van der Waals surface area (Å²) in [7, 11) is -2.08. The molecule has 0 unspecified atom stereocenters. The number of nitrogens with zero attached hydrogens (tertiary/aromatic N) is 1. The van der Waals surface area contributed by atoms with E-state index in [9.17, 15) is 13.2 Å². The van der Waals surface area contributed by atoms with Gasteiger partial charge in [0.1, 0.15) is 6.61 Å². The third-order valence-corrected chi connectivity index (χ3v) is 5.54. The van der Waals surface area contributed by atoms with Crippen molar-refractivity contribution in [2.24, 2.45) is 0 Å². The lowest BCUT2D eigenvalue weighted by Gasteiger charge is -2.16. The first-order valence-electron chi connectivity index (χ1n) is 5.58. The van der Waals surface area contributed by atoms with E-state index in [1.807, 2.05) is 6.92 Å². The molecule has 1 aromatic rings. The van der Waals surface area contributed by atoms with Gasteiger partial charge in [0.2, 0.25) is 10.0 Å². The van der Waals surface area contributed by atoms with E-state index in [0.29, 0.717) is 4.90 Å². The highest BCUT2D eigenvalue weighted by atomic mass is 32.2. The number of hydrogen-bond acceptors (Lipinski definition) is 5. The highest BCUT2D eigenvalue weighted by Gasteiger charge is 2.24. The van der Waals surface area contributed by atoms with E-state index < -0.39 is 22.6 Å². The van der Waals surface area contributed by atoms with Crippen LogP contribution in [-0.2, 0) is 19.6 Å². The van der Waals surface area contributed by atoms with E-state index in [0.717, 1.165) is 9.75 Å². The number of carboxylic acid groups (broad SMARTS) is 1. The van der Waals surface area contributed by atoms with Crippen molar-refractivity contribution in [3.63, 3.8) is 0 Å². The molecule has 0 radical (unpaired) electrons. The van der Waals surface area contributed by atoms with Crippen molar-refractivity contribution in [2.45, 2.75) is 18.7 Å². The molecule has 108 valence electrons. The first kappa shape index (κ1) is 16.1. The Bertz CT molecular complexity index is 549. The Hall–Kier alpha value is -0.960. The molecule has 0 atom stereocenters. The lowest BCUT2D eigenvalue weighted by Crippen LogP contribution is -2.30. The van der Waals surface area contributed by atoms with Crippen LogP contribution in [0.1, 0.15) is 9.75 Å². The van der Waals surface area contributed by atoms with E-state index in [2.05, 4.69) is 0 Å². The predicted molar refractivity (Wildman–Crippen MR) is 72.1 cm³/mol. The molecule has 8 heteroatoms. The maximum atomic E-state index is 12.3. The monoisotopic (exact) mass is 307 g/mol. The molecule has 0 aliphatic carbocycles. The summed E-state index contributed by atoms with van der Waals surface area (Å²) in [5.41, 5.74) is 0. The topological polar surface area (TPSA) is 83.9 Å². The molecular formula is C11H17NO5S2. The fraction of sp³-hybridized carbons (Fsp3) is 0.545. The summed E-state index contributed by atoms with van der Waals surface area (Å²) >= 11 is 1.43. The molecule has 0 aromatic carbocycles. The van der Waals surface area contributed by atoms with Crippen LogP contribution in [0.2, 0.25) is 0 Å². The van der Waals surface area contributed by atoms with Gasteiger partial charge < -0.3 is 9.84 Å². The van der Waals surface area contributed by atoms with Crippen molar-refractivity contribution in [3.05, 3.63) is 15.8 Å². The molecule has 1 aromatic heterocycles. The second-order valence-corrected chi connectivity index (χ2v) is 7.52. The minimum absolute atomic E-state index is 0.0458. The minimum Gasteiger partial charge on any atom is -0.480 e. The Morgan fingerprint density at radius 3 is 2.58 bits per heavy atom. The Labute approximate surface area is 116 Å². The quantitative estimate of drug-likeness (QED) is 0.762. The molecule has 0 saturated carbocycles. The molecule has 0 fully saturated rings. The lowest BCUT2D eigenvalue weighted by molar-refractivity contribution is -0.142. The van der Waals surface area contributed by atoms with E-state index >= 15 is 0 Å². The van der Waals surface area contributed by atoms with Gasteiger partial charge in [0.25, 0.3) is 0 Å². The van der Waals surface area contributed by atoms with Crippen LogP contribution in [0.15, 0.2) is 11.0 Å². The molecule has 1 rings (SSSR count). The second kappa shape index (κ2) is 6.47. The van der Waals surface area contributed by atoms with Gasteiger partial charge in [0.15, 0.2) is 0 Å². The third kappa shape index (κ3) is 4.27. The highest BCUT2D eigenvalue weighted by Crippen LogP contribution is 2.26. The number of carboxylic acids is 1. The normalized spacial score (nSPS) is 12.0. The van der Waals surface area contributed by atoms with Gasteiger partial charge in [-0.1, -0.05) is 0 Å². The first-order valence-corrected chi connectivity index (χ1v) is 7.83. The minimum atomic E-state index is -3.53. The van der Waals surface area contributed by atoms with Crippen LogP contribution >= 0.6 is 11.3 Å². The zero-order valence-corrected chi connectivity index (χ0v) is 12.7. The van der Waals surface area contributed by atoms with E-state index in [1.165, 1.54) is 22.7 Å². The van der Waals surface area contributed by atoms with Gasteiger partial charge in [-0.15, -0.1) is 11.3 Å². The van der Waals surface area contributed by atoms with Crippen LogP contribution in [0.25, 0.3) is 0 Å². The second-order valence-electron chi connectivity index (χ2n) is 4.05. The van der Waals surface area contributed by atoms with Gasteiger partial charge in [-0.3, -0.25) is 0 Å². The summed E-state index contributed by atoms with van der Waals surface area (Å²) < 4.78 is 30.5. The molecular weight excluding hydrogens is 290 g/mol. The van der Waals surface area contributed by atoms with Crippen molar-refractivity contribution in [3.8, 4) is 0 Å². The Morgan fingerprint density at radius 2 is 2.11 bits per heavy atom. The van der Waals surface area contributed by atoms with Crippen molar-refractivity contribution < 1.29 is 23.1 Å². The summed E-state index contributed by atoms with van der Waals surface area (Å²) in [4.78, 5) is 12.2. The maximum absolute atomic E-state index is 12.3. The SMILES string of the molecule is Cc1cc(S(=O)(=O)N(C)CCOCC(=O)O)c(C)s1. The Kier molecular flexibility index (Phi) is 5.48. The number of aliphatic carboxylic acids is 1. The molecule has 0 bridgehead atoms. The zero-order chi connectivity index (χ0) is 14.6. The Morgan fingerprint density at radius 1 is 1.47 bits per heavy atom. The van der Waals surface area contributed by atoms with Crippen LogP contribution in [0.5, 0.6) is 0 Å². The molecule has 0 aliphatic rings. The molecule has 1 heterocycles. The molecule has 19 heavy (non-hydrogen) atoms. The van der Waals surface area contributed by atoms with Gasteiger partial charge in [-0.2, -0.15) is 4.31 Å². The number of likely N-dealkylation sites (N-methyl/N-ethyl adjacent to an activating group) is 1. The summed E-state index contributed by atoms with van der Waals surface area (Å²) in [6.45, 7) is 3.35. The standard InChI is InChI=1S/C11H17NO5S2/c1-8-6-10(9(2)18-8)19(15,16)12(3)4-5-17-7-11(13)14/h6H,4-5,7H2,1-3H3,(H,13,14). The average molecular weight is 307 g/mol. The lowest BCUT2D eigenvalue weighted by atomic mass is 10.4. The van der Waals surface area contributed by atoms with Crippen LogP contribution in [0.3, 0.4) is 0 Å². The summed E-state index contributed by atoms with van der Waals surface area (Å²) in [5, 5.41) is 8.40. The fourth-order valence-corrected chi connectivity index (χ4v) is 4.18. The summed E-state index contributed by atoms with van der Waals surface area (Å²) in [6.07, 6.45) is 0. The van der Waals surface area contributed by atoms with Crippen molar-refractivity contribution >= 4 is 27.3 Å². The number of aryl methyl sites for hydroxylation is 2. The van der Waals surface area contributed by atoms with Crippen LogP contribution < -0.4 is 0 Å². The van der Waals surface area contributed by atoms with Gasteiger partial charge in [-0.25, -0.2) is 13.2 Å². The largest absolute Gasteiger partial charge is 0.480 e. The molecule has 0 amide bonds. The maximum Gasteiger partial charge on any atom is 0.329 e. The van der Waals surface area contributed by atoms with Crippen LogP contribution in [0.4, 0.5) is 0 Å². The van der Waals surface area contributed by atoms with Gasteiger partial charge >= 0.3 is 5.97 Å². The predicted octanol–water partition coefficient (Wildman–Crippen LogP) is 1.09. The summed E-state index contributed by atoms with van der Waals surface area (Å²) in [5.74, 6) is -1.07. The Balaban J connectivity index is 2.67. The number of ether oxygens (including phenoxy) is 1. The smallest absolute Gasteiger partial charge is 0.329 e. The zero-order valence-electron chi connectivity index (χ0n) is 11.0. The third-order valence-electron chi connectivity index (χ3n) is 2.46.